The van der Waals surface area contributed by atoms with E-state index in [4.69, 9.17) is 11.6 Å². The number of carbonyl (C=O) groups excluding carboxylic acids is 2. The Balaban J connectivity index is 1.63. The summed E-state index contributed by atoms with van der Waals surface area (Å²) in [5, 5.41) is 0.525. The molecule has 2 amide bonds. The van der Waals surface area contributed by atoms with Gasteiger partial charge in [0.1, 0.15) is 17.2 Å². The van der Waals surface area contributed by atoms with Gasteiger partial charge in [-0.25, -0.2) is 9.38 Å². The number of aromatic nitrogens is 1. The number of hydrogen-bond acceptors (Lipinski definition) is 4. The molecule has 36 heavy (non-hydrogen) atoms. The number of hydrogen-bond donors (Lipinski definition) is 0. The summed E-state index contributed by atoms with van der Waals surface area (Å²) in [6.07, 6.45) is 5.13. The van der Waals surface area contributed by atoms with Crippen LogP contribution in [0.2, 0.25) is 5.02 Å². The zero-order valence-electron chi connectivity index (χ0n) is 19.9. The highest BCUT2D eigenvalue weighted by Gasteiger charge is 2.56. The van der Waals surface area contributed by atoms with Crippen molar-refractivity contribution in [3.05, 3.63) is 112 Å². The van der Waals surface area contributed by atoms with Gasteiger partial charge in [0.15, 0.2) is 0 Å². The largest absolute Gasteiger partial charge is 0.309 e. The smallest absolute Gasteiger partial charge is 0.274 e. The highest BCUT2D eigenvalue weighted by Crippen LogP contribution is 2.46. The molecule has 0 spiro atoms. The summed E-state index contributed by atoms with van der Waals surface area (Å²) in [7, 11) is 0. The molecule has 5 rings (SSSR count). The summed E-state index contributed by atoms with van der Waals surface area (Å²) in [5.41, 5.74) is 1.76. The molecular weight excluding hydrogens is 479 g/mol. The lowest BCUT2D eigenvalue weighted by Gasteiger charge is -2.47. The lowest BCUT2D eigenvalue weighted by molar-refractivity contribution is -0.135. The van der Waals surface area contributed by atoms with Gasteiger partial charge >= 0.3 is 0 Å². The van der Waals surface area contributed by atoms with Crippen LogP contribution in [0.3, 0.4) is 0 Å². The van der Waals surface area contributed by atoms with Crippen LogP contribution >= 0.6 is 11.6 Å². The molecule has 182 valence electrons. The third-order valence-electron chi connectivity index (χ3n) is 6.87. The van der Waals surface area contributed by atoms with Gasteiger partial charge in [-0.15, -0.1) is 0 Å². The first-order valence-electron chi connectivity index (χ1n) is 11.7. The van der Waals surface area contributed by atoms with Crippen molar-refractivity contribution in [2.45, 2.75) is 25.9 Å². The average molecular weight is 503 g/mol. The quantitative estimate of drug-likeness (QED) is 0.373. The Bertz CT molecular complexity index is 1400. The van der Waals surface area contributed by atoms with Gasteiger partial charge in [0, 0.05) is 59.3 Å². The maximum atomic E-state index is 15.0. The molecule has 1 fully saturated rings. The van der Waals surface area contributed by atoms with Gasteiger partial charge in [-0.2, -0.15) is 0 Å². The second-order valence-corrected chi connectivity index (χ2v) is 9.23. The molecule has 2 aliphatic heterocycles. The Kier molecular flexibility index (Phi) is 6.18. The summed E-state index contributed by atoms with van der Waals surface area (Å²) < 4.78 is 15.0. The first-order valence-corrected chi connectivity index (χ1v) is 12.0. The Morgan fingerprint density at radius 1 is 1.14 bits per heavy atom. The number of allylic oxidation sites excluding steroid dienone is 1. The number of benzene rings is 2. The maximum Gasteiger partial charge on any atom is 0.274 e. The number of rotatable bonds is 4. The van der Waals surface area contributed by atoms with E-state index in [2.05, 4.69) is 9.98 Å². The molecule has 3 aromatic rings. The lowest BCUT2D eigenvalue weighted by atomic mass is 9.83. The Hall–Kier alpha value is -3.84. The number of nitrogens with zero attached hydrogens (tertiary/aromatic N) is 4. The van der Waals surface area contributed by atoms with Crippen molar-refractivity contribution in [3.63, 3.8) is 0 Å². The molecular formula is C28H24ClFN4O2. The number of pyridine rings is 1. The van der Waals surface area contributed by atoms with Crippen molar-refractivity contribution >= 4 is 29.1 Å². The van der Waals surface area contributed by atoms with Gasteiger partial charge in [-0.3, -0.25) is 14.6 Å². The summed E-state index contributed by atoms with van der Waals surface area (Å²) >= 11 is 6.16. The number of amides is 2. The molecule has 2 aromatic carbocycles. The lowest BCUT2D eigenvalue weighted by Crippen LogP contribution is -2.58. The van der Waals surface area contributed by atoms with Crippen LogP contribution in [0, 0.1) is 5.82 Å². The van der Waals surface area contributed by atoms with E-state index in [-0.39, 0.29) is 30.5 Å². The molecule has 0 bridgehead atoms. The van der Waals surface area contributed by atoms with Crippen LogP contribution in [0.5, 0.6) is 0 Å². The van der Waals surface area contributed by atoms with E-state index in [1.807, 2.05) is 13.0 Å². The van der Waals surface area contributed by atoms with E-state index >= 15 is 4.39 Å². The van der Waals surface area contributed by atoms with Crippen LogP contribution in [0.4, 0.5) is 4.39 Å². The molecule has 1 unspecified atom stereocenters. The summed E-state index contributed by atoms with van der Waals surface area (Å²) in [6.45, 7) is 4.15. The highest BCUT2D eigenvalue weighted by atomic mass is 35.5. The van der Waals surface area contributed by atoms with Crippen LogP contribution in [0.1, 0.15) is 40.9 Å². The fourth-order valence-corrected chi connectivity index (χ4v) is 5.23. The van der Waals surface area contributed by atoms with Crippen LogP contribution in [0.15, 0.2) is 83.8 Å². The van der Waals surface area contributed by atoms with Crippen molar-refractivity contribution < 1.29 is 14.0 Å². The normalized spacial score (nSPS) is 19.8. The first-order chi connectivity index (χ1) is 17.4. The minimum Gasteiger partial charge on any atom is -0.309 e. The number of carbonyl (C=O) groups is 2. The minimum absolute atomic E-state index is 0.121. The number of halogens is 2. The van der Waals surface area contributed by atoms with E-state index in [1.54, 1.807) is 71.6 Å². The molecule has 0 N–H and O–H groups in total. The van der Waals surface area contributed by atoms with Crippen LogP contribution in [-0.4, -0.2) is 45.4 Å². The number of aliphatic imine (C=N–C) groups is 1. The van der Waals surface area contributed by atoms with Crippen LogP contribution in [-0.2, 0) is 16.9 Å². The van der Waals surface area contributed by atoms with Crippen LogP contribution < -0.4 is 0 Å². The molecule has 1 atom stereocenters. The van der Waals surface area contributed by atoms with Crippen molar-refractivity contribution in [3.8, 4) is 0 Å². The third-order valence-corrected chi connectivity index (χ3v) is 7.12. The van der Waals surface area contributed by atoms with E-state index in [0.29, 0.717) is 34.0 Å². The van der Waals surface area contributed by atoms with Crippen LogP contribution in [0.25, 0.3) is 0 Å². The Labute approximate surface area is 213 Å². The molecule has 0 radical (unpaired) electrons. The Morgan fingerprint density at radius 3 is 2.61 bits per heavy atom. The fourth-order valence-electron chi connectivity index (χ4n) is 5.10. The Morgan fingerprint density at radius 2 is 1.92 bits per heavy atom. The monoisotopic (exact) mass is 502 g/mol. The number of fused-ring (bicyclic) bond motifs is 2. The first kappa shape index (κ1) is 23.9. The average Bonchev–Trinajstić information content (AvgIpc) is 3.29. The van der Waals surface area contributed by atoms with Crippen molar-refractivity contribution in [2.24, 2.45) is 4.99 Å². The van der Waals surface area contributed by atoms with Crippen molar-refractivity contribution in [1.29, 1.82) is 0 Å². The van der Waals surface area contributed by atoms with E-state index < -0.39 is 11.5 Å². The van der Waals surface area contributed by atoms with Gasteiger partial charge < -0.3 is 9.80 Å². The predicted octanol–water partition coefficient (Wildman–Crippen LogP) is 4.98. The molecule has 1 saturated heterocycles. The van der Waals surface area contributed by atoms with Crippen molar-refractivity contribution in [1.82, 2.24) is 14.8 Å². The van der Waals surface area contributed by atoms with Gasteiger partial charge in [0.05, 0.1) is 0 Å². The van der Waals surface area contributed by atoms with Gasteiger partial charge in [0.25, 0.3) is 11.8 Å². The molecule has 8 heteroatoms. The second kappa shape index (κ2) is 9.32. The summed E-state index contributed by atoms with van der Waals surface area (Å²) in [4.78, 5) is 39.7. The van der Waals surface area contributed by atoms with Crippen molar-refractivity contribution in [2.75, 3.05) is 13.1 Å². The molecule has 0 aliphatic carbocycles. The SMILES string of the molecule is C/C=C(\N=C(C)c1cccnc1)C(=O)N1CCN2C(=O)c3cccc(F)c3CC12c1ccc(Cl)cc1. The second-order valence-electron chi connectivity index (χ2n) is 8.79. The zero-order valence-corrected chi connectivity index (χ0v) is 20.7. The molecule has 0 saturated carbocycles. The summed E-state index contributed by atoms with van der Waals surface area (Å²) in [5.74, 6) is -1.12. The minimum atomic E-state index is -1.21. The van der Waals surface area contributed by atoms with E-state index in [0.717, 1.165) is 5.56 Å². The van der Waals surface area contributed by atoms with E-state index in [9.17, 15) is 9.59 Å². The summed E-state index contributed by atoms with van der Waals surface area (Å²) in [6, 6.07) is 15.2. The maximum absolute atomic E-state index is 15.0. The topological polar surface area (TPSA) is 65.9 Å². The van der Waals surface area contributed by atoms with Gasteiger partial charge in [0.2, 0.25) is 0 Å². The van der Waals surface area contributed by atoms with E-state index in [1.165, 1.54) is 12.1 Å². The molecule has 1 aromatic heterocycles. The zero-order chi connectivity index (χ0) is 25.4. The molecule has 2 aliphatic rings. The van der Waals surface area contributed by atoms with Gasteiger partial charge in [-0.05, 0) is 49.7 Å². The highest BCUT2D eigenvalue weighted by molar-refractivity contribution is 6.30. The molecule has 6 nitrogen and oxygen atoms in total. The molecule has 3 heterocycles. The predicted molar refractivity (Wildman–Crippen MR) is 136 cm³/mol. The fraction of sp³-hybridized carbons (Fsp3) is 0.214. The van der Waals surface area contributed by atoms with Gasteiger partial charge in [-0.1, -0.05) is 41.9 Å². The third kappa shape index (κ3) is 3.80. The standard InChI is InChI=1S/C28H24ClFN4O2/c1-3-25(32-18(2)19-6-5-13-31-17-19)27(36)34-15-14-33-26(35)22-7-4-8-24(30)23(22)16-28(33,34)20-9-11-21(29)12-10-20/h3-13,17H,14-16H2,1-2H3/b25-3-,32-18?.